The molecule has 0 saturated heterocycles. The molecule has 0 unspecified atom stereocenters. The van der Waals surface area contributed by atoms with Gasteiger partial charge in [-0.2, -0.15) is 8.42 Å². The summed E-state index contributed by atoms with van der Waals surface area (Å²) >= 11 is 0. The first-order chi connectivity index (χ1) is 10.00. The molecule has 0 aliphatic carbocycles. The Bertz CT molecular complexity index is 931. The molecule has 0 bridgehead atoms. The van der Waals surface area contributed by atoms with Crippen LogP contribution in [0.5, 0.6) is 0 Å². The Hall–Kier alpha value is -2.81. The molecule has 1 heterocycles. The number of nitro groups is 1. The van der Waals surface area contributed by atoms with Gasteiger partial charge in [0.2, 0.25) is 0 Å². The highest BCUT2D eigenvalue weighted by Gasteiger charge is 2.21. The second kappa shape index (κ2) is 4.63. The molecule has 0 atom stereocenters. The molecule has 3 aromatic rings. The number of non-ortho nitro benzene ring substituents is 1. The van der Waals surface area contributed by atoms with Crippen molar-refractivity contribution in [3.63, 3.8) is 0 Å². The third-order valence-electron chi connectivity index (χ3n) is 2.89. The molecule has 9 heteroatoms. The summed E-state index contributed by atoms with van der Waals surface area (Å²) in [6.07, 6.45) is 0. The van der Waals surface area contributed by atoms with Crippen molar-refractivity contribution in [2.75, 3.05) is 0 Å². The Morgan fingerprint density at radius 3 is 2.38 bits per heavy atom. The van der Waals surface area contributed by atoms with Gasteiger partial charge in [0.05, 0.1) is 9.82 Å². The second-order valence-electron chi connectivity index (χ2n) is 4.18. The van der Waals surface area contributed by atoms with Crippen molar-refractivity contribution in [1.29, 1.82) is 0 Å². The van der Waals surface area contributed by atoms with Crippen molar-refractivity contribution in [1.82, 2.24) is 14.4 Å². The third kappa shape index (κ3) is 2.13. The van der Waals surface area contributed by atoms with Gasteiger partial charge in [0, 0.05) is 12.1 Å². The molecule has 21 heavy (non-hydrogen) atoms. The van der Waals surface area contributed by atoms with Crippen LogP contribution < -0.4 is 0 Å². The lowest BCUT2D eigenvalue weighted by Gasteiger charge is -2.04. The SMILES string of the molecule is O=[N+]([O-])c1ccc(S(=O)(=O)n2nnc3ccccc32)cc1. The minimum Gasteiger partial charge on any atom is -0.258 e. The van der Waals surface area contributed by atoms with Crippen molar-refractivity contribution < 1.29 is 13.3 Å². The fourth-order valence-electron chi connectivity index (χ4n) is 1.86. The third-order valence-corrected chi connectivity index (χ3v) is 4.49. The number of aromatic nitrogens is 3. The molecular weight excluding hydrogens is 296 g/mol. The van der Waals surface area contributed by atoms with Gasteiger partial charge in [0.25, 0.3) is 15.7 Å². The number of rotatable bonds is 3. The van der Waals surface area contributed by atoms with E-state index in [2.05, 4.69) is 10.3 Å². The first-order valence-corrected chi connectivity index (χ1v) is 7.24. The Morgan fingerprint density at radius 1 is 1.05 bits per heavy atom. The van der Waals surface area contributed by atoms with Gasteiger partial charge in [-0.25, -0.2) is 0 Å². The monoisotopic (exact) mass is 304 g/mol. The van der Waals surface area contributed by atoms with Crippen molar-refractivity contribution >= 4 is 26.7 Å². The number of hydrogen-bond donors (Lipinski definition) is 0. The summed E-state index contributed by atoms with van der Waals surface area (Å²) in [6.45, 7) is 0. The van der Waals surface area contributed by atoms with Crippen molar-refractivity contribution in [2.45, 2.75) is 4.90 Å². The Morgan fingerprint density at radius 2 is 1.71 bits per heavy atom. The smallest absolute Gasteiger partial charge is 0.258 e. The molecule has 0 aliphatic heterocycles. The highest BCUT2D eigenvalue weighted by molar-refractivity contribution is 7.90. The normalized spacial score (nSPS) is 11.6. The summed E-state index contributed by atoms with van der Waals surface area (Å²) in [5.41, 5.74) is 0.608. The van der Waals surface area contributed by atoms with Crippen LogP contribution in [0.25, 0.3) is 11.0 Å². The van der Waals surface area contributed by atoms with E-state index in [-0.39, 0.29) is 10.6 Å². The quantitative estimate of drug-likeness (QED) is 0.537. The molecular formula is C12H8N4O4S. The van der Waals surface area contributed by atoms with Gasteiger partial charge >= 0.3 is 0 Å². The largest absolute Gasteiger partial charge is 0.284 e. The first-order valence-electron chi connectivity index (χ1n) is 5.80. The van der Waals surface area contributed by atoms with Gasteiger partial charge in [0.1, 0.15) is 11.0 Å². The molecule has 0 aliphatic rings. The molecule has 0 saturated carbocycles. The highest BCUT2D eigenvalue weighted by atomic mass is 32.2. The maximum Gasteiger partial charge on any atom is 0.284 e. The molecule has 0 spiro atoms. The lowest BCUT2D eigenvalue weighted by Crippen LogP contribution is -2.14. The van der Waals surface area contributed by atoms with Gasteiger partial charge in [-0.15, -0.1) is 9.19 Å². The molecule has 0 radical (unpaired) electrons. The van der Waals surface area contributed by atoms with Crippen LogP contribution in [0, 0.1) is 10.1 Å². The maximum absolute atomic E-state index is 12.5. The fraction of sp³-hybridized carbons (Fsp3) is 0. The lowest BCUT2D eigenvalue weighted by atomic mass is 10.3. The summed E-state index contributed by atoms with van der Waals surface area (Å²) in [6, 6.07) is 11.2. The van der Waals surface area contributed by atoms with E-state index >= 15 is 0 Å². The summed E-state index contributed by atoms with van der Waals surface area (Å²) in [5, 5.41) is 18.0. The molecule has 0 amide bonds. The van der Waals surface area contributed by atoms with Gasteiger partial charge in [-0.1, -0.05) is 17.3 Å². The Labute approximate surface area is 118 Å². The summed E-state index contributed by atoms with van der Waals surface area (Å²) in [7, 11) is -3.94. The van der Waals surface area contributed by atoms with Crippen LogP contribution in [0.1, 0.15) is 0 Å². The molecule has 2 aromatic carbocycles. The topological polar surface area (TPSA) is 108 Å². The number of fused-ring (bicyclic) bond motifs is 1. The van der Waals surface area contributed by atoms with E-state index in [0.717, 1.165) is 16.2 Å². The summed E-state index contributed by atoms with van der Waals surface area (Å²) in [4.78, 5) is 9.90. The van der Waals surface area contributed by atoms with Crippen LogP contribution in [0.4, 0.5) is 5.69 Å². The minimum absolute atomic E-state index is 0.0937. The van der Waals surface area contributed by atoms with E-state index < -0.39 is 14.9 Å². The van der Waals surface area contributed by atoms with E-state index in [1.807, 2.05) is 0 Å². The number of hydrogen-bond acceptors (Lipinski definition) is 6. The molecule has 0 N–H and O–H groups in total. The van der Waals surface area contributed by atoms with Crippen LogP contribution >= 0.6 is 0 Å². The summed E-state index contributed by atoms with van der Waals surface area (Å²) in [5.74, 6) is 0. The average Bonchev–Trinajstić information content (AvgIpc) is 2.92. The highest BCUT2D eigenvalue weighted by Crippen LogP contribution is 2.20. The van der Waals surface area contributed by atoms with Gasteiger partial charge in [-0.05, 0) is 24.3 Å². The number of benzene rings is 2. The molecule has 1 aromatic heterocycles. The molecule has 8 nitrogen and oxygen atoms in total. The number of para-hydroxylation sites is 1. The standard InChI is InChI=1S/C12H8N4O4S/c17-16(18)9-5-7-10(8-6-9)21(19,20)15-12-4-2-1-3-11(12)13-14-15/h1-8H. The zero-order valence-electron chi connectivity index (χ0n) is 10.4. The van der Waals surface area contributed by atoms with Crippen LogP contribution in [-0.4, -0.2) is 27.7 Å². The molecule has 3 rings (SSSR count). The first kappa shape index (κ1) is 13.2. The predicted octanol–water partition coefficient (Wildman–Crippen LogP) is 1.58. The van der Waals surface area contributed by atoms with E-state index in [1.165, 1.54) is 12.1 Å². The molecule has 106 valence electrons. The zero-order chi connectivity index (χ0) is 15.0. The molecule has 0 fully saturated rings. The predicted molar refractivity (Wildman–Crippen MR) is 73.2 cm³/mol. The van der Waals surface area contributed by atoms with Crippen LogP contribution in [-0.2, 0) is 10.0 Å². The van der Waals surface area contributed by atoms with E-state index in [1.54, 1.807) is 24.3 Å². The van der Waals surface area contributed by atoms with Crippen LogP contribution in [0.15, 0.2) is 53.4 Å². The Kier molecular flexibility index (Phi) is 2.91. The second-order valence-corrected chi connectivity index (χ2v) is 5.94. The minimum atomic E-state index is -3.94. The maximum atomic E-state index is 12.5. The van der Waals surface area contributed by atoms with Gasteiger partial charge in [-0.3, -0.25) is 10.1 Å². The van der Waals surface area contributed by atoms with E-state index in [9.17, 15) is 18.5 Å². The number of nitro benzene ring substituents is 1. The lowest BCUT2D eigenvalue weighted by molar-refractivity contribution is -0.384. The van der Waals surface area contributed by atoms with Gasteiger partial charge < -0.3 is 0 Å². The van der Waals surface area contributed by atoms with Crippen molar-refractivity contribution in [3.8, 4) is 0 Å². The average molecular weight is 304 g/mol. The Balaban J connectivity index is 2.14. The number of nitrogens with zero attached hydrogens (tertiary/aromatic N) is 4. The fourth-order valence-corrected chi connectivity index (χ4v) is 3.09. The van der Waals surface area contributed by atoms with Crippen LogP contribution in [0.3, 0.4) is 0 Å². The van der Waals surface area contributed by atoms with Crippen molar-refractivity contribution in [2.24, 2.45) is 0 Å². The van der Waals surface area contributed by atoms with E-state index in [0.29, 0.717) is 11.0 Å². The van der Waals surface area contributed by atoms with Crippen molar-refractivity contribution in [3.05, 3.63) is 58.6 Å². The van der Waals surface area contributed by atoms with Crippen LogP contribution in [0.2, 0.25) is 0 Å². The zero-order valence-corrected chi connectivity index (χ0v) is 11.3. The van der Waals surface area contributed by atoms with E-state index in [4.69, 9.17) is 0 Å². The summed E-state index contributed by atoms with van der Waals surface area (Å²) < 4.78 is 25.8. The van der Waals surface area contributed by atoms with Gasteiger partial charge in [0.15, 0.2) is 0 Å².